The summed E-state index contributed by atoms with van der Waals surface area (Å²) >= 11 is 0. The van der Waals surface area contributed by atoms with E-state index in [2.05, 4.69) is 8.37 Å². The van der Waals surface area contributed by atoms with Gasteiger partial charge in [0.15, 0.2) is 0 Å². The molecule has 2 atom stereocenters. The van der Waals surface area contributed by atoms with E-state index in [1.807, 2.05) is 13.8 Å². The first kappa shape index (κ1) is 22.0. The highest BCUT2D eigenvalue weighted by atomic mass is 32.3. The predicted octanol–water partition coefficient (Wildman–Crippen LogP) is 0.537. The summed E-state index contributed by atoms with van der Waals surface area (Å²) in [7, 11) is -3.68. The van der Waals surface area contributed by atoms with Gasteiger partial charge in [0.2, 0.25) is 0 Å². The third-order valence-electron chi connectivity index (χ3n) is 1.67. The Morgan fingerprint density at radius 3 is 1.53 bits per heavy atom. The van der Waals surface area contributed by atoms with Crippen LogP contribution in [0.2, 0.25) is 0 Å². The minimum atomic E-state index is -3.68. The Bertz CT molecular complexity index is 233. The van der Waals surface area contributed by atoms with E-state index < -0.39 is 10.4 Å². The van der Waals surface area contributed by atoms with E-state index >= 15 is 0 Å². The standard InChI is InChI=1S/C5H14N2.C4H10O4S.H3N/c1-3-5(7)4(2)6;1-3-7-9(5,6)8-4-2;/h4-5H,3,6-7H2,1-2H3;3-4H2,1-2H3;1H3. The lowest BCUT2D eigenvalue weighted by Crippen LogP contribution is -2.38. The average Bonchev–Trinajstić information content (AvgIpc) is 2.17. The van der Waals surface area contributed by atoms with Crippen LogP contribution in [0.5, 0.6) is 0 Å². The van der Waals surface area contributed by atoms with E-state index in [0.717, 1.165) is 6.42 Å². The normalized spacial score (nSPS) is 14.0. The molecular weight excluding hydrogens is 246 g/mol. The monoisotopic (exact) mass is 273 g/mol. The molecule has 0 radical (unpaired) electrons. The topological polar surface area (TPSA) is 140 Å². The summed E-state index contributed by atoms with van der Waals surface area (Å²) in [4.78, 5) is 0. The number of hydrogen-bond acceptors (Lipinski definition) is 7. The molecule has 0 aromatic heterocycles. The molecule has 0 heterocycles. The molecule has 0 aliphatic rings. The van der Waals surface area contributed by atoms with Crippen molar-refractivity contribution in [3.8, 4) is 0 Å². The van der Waals surface area contributed by atoms with Crippen LogP contribution in [0.25, 0.3) is 0 Å². The lowest BCUT2D eigenvalue weighted by Gasteiger charge is -2.11. The molecule has 17 heavy (non-hydrogen) atoms. The zero-order valence-corrected chi connectivity index (χ0v) is 12.0. The van der Waals surface area contributed by atoms with E-state index in [1.165, 1.54) is 0 Å². The van der Waals surface area contributed by atoms with Crippen LogP contribution in [-0.2, 0) is 18.8 Å². The average molecular weight is 273 g/mol. The fourth-order valence-corrected chi connectivity index (χ4v) is 1.34. The first-order valence-corrected chi connectivity index (χ1v) is 6.68. The van der Waals surface area contributed by atoms with Gasteiger partial charge in [0.05, 0.1) is 13.2 Å². The maximum Gasteiger partial charge on any atom is 0.399 e. The quantitative estimate of drug-likeness (QED) is 0.641. The van der Waals surface area contributed by atoms with Gasteiger partial charge in [0.1, 0.15) is 0 Å². The van der Waals surface area contributed by atoms with E-state index in [0.29, 0.717) is 0 Å². The van der Waals surface area contributed by atoms with Crippen molar-refractivity contribution in [2.24, 2.45) is 11.5 Å². The summed E-state index contributed by atoms with van der Waals surface area (Å²) in [6.07, 6.45) is 0.970. The van der Waals surface area contributed by atoms with Crippen LogP contribution in [0.1, 0.15) is 34.1 Å². The van der Waals surface area contributed by atoms with Gasteiger partial charge in [-0.3, -0.25) is 0 Å². The molecule has 0 aliphatic carbocycles. The van der Waals surface area contributed by atoms with Crippen molar-refractivity contribution in [3.63, 3.8) is 0 Å². The van der Waals surface area contributed by atoms with Gasteiger partial charge in [0.25, 0.3) is 0 Å². The largest absolute Gasteiger partial charge is 0.399 e. The fourth-order valence-electron chi connectivity index (χ4n) is 0.694. The second-order valence-corrected chi connectivity index (χ2v) is 4.44. The summed E-state index contributed by atoms with van der Waals surface area (Å²) in [5.74, 6) is 0. The van der Waals surface area contributed by atoms with Crippen LogP contribution in [0.3, 0.4) is 0 Å². The van der Waals surface area contributed by atoms with Crippen LogP contribution < -0.4 is 17.6 Å². The van der Waals surface area contributed by atoms with E-state index in [9.17, 15) is 8.42 Å². The molecule has 0 aliphatic heterocycles. The molecule has 0 saturated carbocycles. The Hall–Kier alpha value is -0.250. The first-order valence-electron chi connectivity index (χ1n) is 5.35. The molecular formula is C9H27N3O4S. The van der Waals surface area contributed by atoms with Gasteiger partial charge < -0.3 is 17.6 Å². The number of hydrogen-bond donors (Lipinski definition) is 3. The van der Waals surface area contributed by atoms with E-state index in [1.54, 1.807) is 13.8 Å². The molecule has 0 aromatic carbocycles. The van der Waals surface area contributed by atoms with Gasteiger partial charge in [-0.15, -0.1) is 0 Å². The SMILES string of the molecule is CCC(N)C(C)N.CCOS(=O)(=O)OCC.N. The van der Waals surface area contributed by atoms with Gasteiger partial charge in [-0.25, -0.2) is 8.37 Å². The fraction of sp³-hybridized carbons (Fsp3) is 1.00. The summed E-state index contributed by atoms with van der Waals surface area (Å²) < 4.78 is 29.2. The van der Waals surface area contributed by atoms with Gasteiger partial charge in [-0.1, -0.05) is 6.92 Å². The van der Waals surface area contributed by atoms with Crippen molar-refractivity contribution in [1.29, 1.82) is 0 Å². The highest BCUT2D eigenvalue weighted by molar-refractivity contribution is 7.81. The van der Waals surface area contributed by atoms with Crippen LogP contribution in [0, 0.1) is 0 Å². The predicted molar refractivity (Wildman–Crippen MR) is 69.1 cm³/mol. The number of nitrogens with two attached hydrogens (primary N) is 2. The maximum absolute atomic E-state index is 10.4. The van der Waals surface area contributed by atoms with Crippen LogP contribution >= 0.6 is 0 Å². The molecule has 8 heteroatoms. The molecule has 7 N–H and O–H groups in total. The molecule has 0 amide bonds. The van der Waals surface area contributed by atoms with Gasteiger partial charge in [-0.2, -0.15) is 8.42 Å². The van der Waals surface area contributed by atoms with Crippen molar-refractivity contribution in [3.05, 3.63) is 0 Å². The Labute approximate surface area is 105 Å². The molecule has 0 fully saturated rings. The van der Waals surface area contributed by atoms with Crippen LogP contribution in [0.4, 0.5) is 0 Å². The highest BCUT2D eigenvalue weighted by Crippen LogP contribution is 1.93. The number of rotatable bonds is 6. The van der Waals surface area contributed by atoms with Gasteiger partial charge >= 0.3 is 10.4 Å². The summed E-state index contributed by atoms with van der Waals surface area (Å²) in [5, 5.41) is 0. The van der Waals surface area contributed by atoms with Gasteiger partial charge in [-0.05, 0) is 27.2 Å². The molecule has 0 saturated heterocycles. The minimum Gasteiger partial charge on any atom is -0.344 e. The Balaban J connectivity index is -0.000000224. The van der Waals surface area contributed by atoms with E-state index in [-0.39, 0.29) is 31.4 Å². The van der Waals surface area contributed by atoms with Crippen molar-refractivity contribution in [2.45, 2.75) is 46.2 Å². The van der Waals surface area contributed by atoms with Crippen molar-refractivity contribution < 1.29 is 16.8 Å². The zero-order valence-electron chi connectivity index (χ0n) is 11.2. The zero-order chi connectivity index (χ0) is 13.2. The molecule has 0 aromatic rings. The smallest absolute Gasteiger partial charge is 0.344 e. The second kappa shape index (κ2) is 12.2. The third-order valence-corrected chi connectivity index (χ3v) is 2.72. The molecule has 0 spiro atoms. The molecule has 2 unspecified atom stereocenters. The van der Waals surface area contributed by atoms with E-state index in [4.69, 9.17) is 11.5 Å². The van der Waals surface area contributed by atoms with Crippen molar-refractivity contribution in [2.75, 3.05) is 13.2 Å². The minimum absolute atomic E-state index is 0. The maximum atomic E-state index is 10.4. The first-order chi connectivity index (χ1) is 7.30. The Morgan fingerprint density at radius 1 is 1.06 bits per heavy atom. The van der Waals surface area contributed by atoms with Crippen LogP contribution in [0.15, 0.2) is 0 Å². The summed E-state index contributed by atoms with van der Waals surface area (Å²) in [6, 6.07) is 0.324. The second-order valence-electron chi connectivity index (χ2n) is 3.15. The Morgan fingerprint density at radius 2 is 1.41 bits per heavy atom. The summed E-state index contributed by atoms with van der Waals surface area (Å²) in [6.45, 7) is 7.35. The third kappa shape index (κ3) is 15.8. The summed E-state index contributed by atoms with van der Waals surface area (Å²) in [5.41, 5.74) is 10.9. The molecule has 108 valence electrons. The lowest BCUT2D eigenvalue weighted by molar-refractivity contribution is 0.231. The van der Waals surface area contributed by atoms with Crippen LogP contribution in [-0.4, -0.2) is 33.7 Å². The van der Waals surface area contributed by atoms with Crippen molar-refractivity contribution in [1.82, 2.24) is 6.15 Å². The Kier molecular flexibility index (Phi) is 15.8. The molecule has 7 nitrogen and oxygen atoms in total. The lowest BCUT2D eigenvalue weighted by atomic mass is 10.1. The van der Waals surface area contributed by atoms with Crippen molar-refractivity contribution >= 4 is 10.4 Å². The highest BCUT2D eigenvalue weighted by Gasteiger charge is 2.06. The van der Waals surface area contributed by atoms with Gasteiger partial charge in [0, 0.05) is 12.1 Å². The molecule has 0 rings (SSSR count). The molecule has 0 bridgehead atoms.